The summed E-state index contributed by atoms with van der Waals surface area (Å²) < 4.78 is 11.4. The van der Waals surface area contributed by atoms with E-state index in [1.165, 1.54) is 0 Å². The lowest BCUT2D eigenvalue weighted by atomic mass is 10.3. The number of hydrogen-bond acceptors (Lipinski definition) is 5. The van der Waals surface area contributed by atoms with Crippen LogP contribution in [0.3, 0.4) is 0 Å². The Labute approximate surface area is 115 Å². The zero-order valence-corrected chi connectivity index (χ0v) is 12.7. The Morgan fingerprint density at radius 3 is 2.59 bits per heavy atom. The number of halogens is 1. The average Bonchev–Trinajstić information content (AvgIpc) is 2.33. The highest BCUT2D eigenvalue weighted by atomic mass is 127. The Morgan fingerprint density at radius 1 is 1.35 bits per heavy atom. The molecule has 0 bridgehead atoms. The summed E-state index contributed by atoms with van der Waals surface area (Å²) in [6.07, 6.45) is -0.125. The molecule has 0 amide bonds. The fourth-order valence-corrected chi connectivity index (χ4v) is 1.90. The molecule has 0 fully saturated rings. The molecule has 1 unspecified atom stereocenters. The smallest absolute Gasteiger partial charge is 0.159 e. The van der Waals surface area contributed by atoms with E-state index in [0.29, 0.717) is 12.4 Å². The summed E-state index contributed by atoms with van der Waals surface area (Å²) in [4.78, 5) is 8.93. The number of aromatic nitrogens is 2. The number of rotatable bonds is 6. The van der Waals surface area contributed by atoms with Crippen molar-refractivity contribution in [3.05, 3.63) is 15.1 Å². The third kappa shape index (κ3) is 3.75. The van der Waals surface area contributed by atoms with Crippen molar-refractivity contribution < 1.29 is 9.47 Å². The predicted octanol–water partition coefficient (Wildman–Crippen LogP) is 2.37. The normalized spacial score (nSPS) is 12.5. The minimum atomic E-state index is -0.125. The van der Waals surface area contributed by atoms with Gasteiger partial charge in [-0.1, -0.05) is 0 Å². The summed E-state index contributed by atoms with van der Waals surface area (Å²) in [5, 5.41) is 3.22. The van der Waals surface area contributed by atoms with Crippen LogP contribution in [0.4, 0.5) is 5.82 Å². The van der Waals surface area contributed by atoms with Gasteiger partial charge < -0.3 is 14.8 Å². The maximum atomic E-state index is 5.25. The molecule has 0 aromatic carbocycles. The quantitative estimate of drug-likeness (QED) is 0.798. The molecule has 0 aliphatic rings. The standard InChI is InChI=1S/C11H18IN3O2/c1-5-13-11-9(12)8(6-16-3)14-10(15-11)7(2)17-4/h7H,5-6H2,1-4H3,(H,13,14,15). The number of ether oxygens (including phenoxy) is 2. The number of methoxy groups -OCH3 is 2. The molecule has 0 aliphatic heterocycles. The Morgan fingerprint density at radius 2 is 2.06 bits per heavy atom. The van der Waals surface area contributed by atoms with Crippen molar-refractivity contribution in [2.24, 2.45) is 0 Å². The van der Waals surface area contributed by atoms with Gasteiger partial charge in [-0.05, 0) is 36.4 Å². The zero-order chi connectivity index (χ0) is 12.8. The van der Waals surface area contributed by atoms with Crippen LogP contribution in [-0.2, 0) is 16.1 Å². The summed E-state index contributed by atoms with van der Waals surface area (Å²) in [6.45, 7) is 5.25. The highest BCUT2D eigenvalue weighted by Crippen LogP contribution is 2.23. The Balaban J connectivity index is 3.15. The summed E-state index contributed by atoms with van der Waals surface area (Å²) in [5.41, 5.74) is 0.887. The molecule has 1 heterocycles. The molecular formula is C11H18IN3O2. The molecule has 1 aromatic heterocycles. The van der Waals surface area contributed by atoms with Crippen LogP contribution in [0.25, 0.3) is 0 Å². The molecule has 5 nitrogen and oxygen atoms in total. The highest BCUT2D eigenvalue weighted by molar-refractivity contribution is 14.1. The lowest BCUT2D eigenvalue weighted by molar-refractivity contribution is 0.111. The van der Waals surface area contributed by atoms with Gasteiger partial charge in [-0.3, -0.25) is 0 Å². The van der Waals surface area contributed by atoms with Crippen LogP contribution in [-0.4, -0.2) is 30.7 Å². The molecule has 1 rings (SSSR count). The van der Waals surface area contributed by atoms with Gasteiger partial charge in [0.2, 0.25) is 0 Å². The second-order valence-electron chi connectivity index (χ2n) is 3.53. The van der Waals surface area contributed by atoms with Crippen LogP contribution >= 0.6 is 22.6 Å². The first kappa shape index (κ1) is 14.6. The molecule has 0 saturated carbocycles. The molecule has 1 atom stereocenters. The Bertz CT molecular complexity index is 347. The second-order valence-corrected chi connectivity index (χ2v) is 4.61. The van der Waals surface area contributed by atoms with Crippen molar-refractivity contribution in [2.75, 3.05) is 26.1 Å². The molecule has 0 aliphatic carbocycles. The second kappa shape index (κ2) is 7.07. The largest absolute Gasteiger partial charge is 0.378 e. The Kier molecular flexibility index (Phi) is 6.07. The fraction of sp³-hybridized carbons (Fsp3) is 0.636. The molecule has 0 radical (unpaired) electrons. The minimum absolute atomic E-state index is 0.125. The van der Waals surface area contributed by atoms with Crippen molar-refractivity contribution in [3.63, 3.8) is 0 Å². The molecule has 1 N–H and O–H groups in total. The molecule has 96 valence electrons. The van der Waals surface area contributed by atoms with Gasteiger partial charge in [-0.2, -0.15) is 0 Å². The fourth-order valence-electron chi connectivity index (χ4n) is 1.32. The van der Waals surface area contributed by atoms with E-state index in [4.69, 9.17) is 9.47 Å². The van der Waals surface area contributed by atoms with Gasteiger partial charge in [0.1, 0.15) is 11.9 Å². The SMILES string of the molecule is CCNc1nc(C(C)OC)nc(COC)c1I. The lowest BCUT2D eigenvalue weighted by Gasteiger charge is -2.14. The van der Waals surface area contributed by atoms with Gasteiger partial charge in [0.05, 0.1) is 15.9 Å². The summed E-state index contributed by atoms with van der Waals surface area (Å²) >= 11 is 2.23. The Hall–Kier alpha value is -0.470. The van der Waals surface area contributed by atoms with Crippen molar-refractivity contribution in [1.29, 1.82) is 0 Å². The maximum absolute atomic E-state index is 5.25. The number of anilines is 1. The summed E-state index contributed by atoms with van der Waals surface area (Å²) in [6, 6.07) is 0. The van der Waals surface area contributed by atoms with Gasteiger partial charge >= 0.3 is 0 Å². The van der Waals surface area contributed by atoms with Gasteiger partial charge in [0.15, 0.2) is 5.82 Å². The number of hydrogen-bond donors (Lipinski definition) is 1. The van der Waals surface area contributed by atoms with Crippen molar-refractivity contribution >= 4 is 28.4 Å². The summed E-state index contributed by atoms with van der Waals surface area (Å²) in [5.74, 6) is 1.52. The van der Waals surface area contributed by atoms with E-state index in [0.717, 1.165) is 21.6 Å². The first-order valence-corrected chi connectivity index (χ1v) is 6.53. The van der Waals surface area contributed by atoms with Crippen LogP contribution in [0, 0.1) is 3.57 Å². The molecule has 0 spiro atoms. The van der Waals surface area contributed by atoms with Gasteiger partial charge in [-0.25, -0.2) is 9.97 Å². The highest BCUT2D eigenvalue weighted by Gasteiger charge is 2.15. The van der Waals surface area contributed by atoms with Crippen molar-refractivity contribution in [3.8, 4) is 0 Å². The third-order valence-electron chi connectivity index (χ3n) is 2.28. The van der Waals surface area contributed by atoms with E-state index in [2.05, 4.69) is 37.9 Å². The van der Waals surface area contributed by atoms with Crippen molar-refractivity contribution in [1.82, 2.24) is 9.97 Å². The summed E-state index contributed by atoms with van der Waals surface area (Å²) in [7, 11) is 3.31. The van der Waals surface area contributed by atoms with Crippen LogP contribution in [0.15, 0.2) is 0 Å². The van der Waals surface area contributed by atoms with E-state index in [9.17, 15) is 0 Å². The third-order valence-corrected chi connectivity index (χ3v) is 3.41. The first-order valence-electron chi connectivity index (χ1n) is 5.45. The molecule has 17 heavy (non-hydrogen) atoms. The molecule has 6 heteroatoms. The average molecular weight is 351 g/mol. The van der Waals surface area contributed by atoms with E-state index in [1.807, 2.05) is 13.8 Å². The van der Waals surface area contributed by atoms with Gasteiger partial charge in [0.25, 0.3) is 0 Å². The van der Waals surface area contributed by atoms with Crippen LogP contribution in [0.1, 0.15) is 31.5 Å². The first-order chi connectivity index (χ1) is 8.13. The molecular weight excluding hydrogens is 333 g/mol. The van der Waals surface area contributed by atoms with E-state index >= 15 is 0 Å². The van der Waals surface area contributed by atoms with Gasteiger partial charge in [0, 0.05) is 20.8 Å². The van der Waals surface area contributed by atoms with E-state index < -0.39 is 0 Å². The lowest BCUT2D eigenvalue weighted by Crippen LogP contribution is -2.12. The van der Waals surface area contributed by atoms with Crippen LogP contribution in [0.5, 0.6) is 0 Å². The van der Waals surface area contributed by atoms with Crippen LogP contribution in [0.2, 0.25) is 0 Å². The monoisotopic (exact) mass is 351 g/mol. The van der Waals surface area contributed by atoms with E-state index in [-0.39, 0.29) is 6.10 Å². The molecule has 0 saturated heterocycles. The maximum Gasteiger partial charge on any atom is 0.159 e. The van der Waals surface area contributed by atoms with E-state index in [1.54, 1.807) is 14.2 Å². The number of nitrogens with zero attached hydrogens (tertiary/aromatic N) is 2. The predicted molar refractivity (Wildman–Crippen MR) is 75.0 cm³/mol. The zero-order valence-electron chi connectivity index (χ0n) is 10.6. The van der Waals surface area contributed by atoms with Gasteiger partial charge in [-0.15, -0.1) is 0 Å². The minimum Gasteiger partial charge on any atom is -0.378 e. The number of nitrogens with one attached hydrogen (secondary N) is 1. The topological polar surface area (TPSA) is 56.3 Å². The van der Waals surface area contributed by atoms with Crippen LogP contribution < -0.4 is 5.32 Å². The van der Waals surface area contributed by atoms with Crippen molar-refractivity contribution in [2.45, 2.75) is 26.6 Å². The molecule has 1 aromatic rings.